The lowest BCUT2D eigenvalue weighted by Crippen LogP contribution is -2.45. The van der Waals surface area contributed by atoms with Gasteiger partial charge in [-0.25, -0.2) is 13.2 Å². The fraction of sp³-hybridized carbons (Fsp3) is 0.222. The average Bonchev–Trinajstić information content (AvgIpc) is 2.87. The van der Waals surface area contributed by atoms with Gasteiger partial charge in [0.25, 0.3) is 6.43 Å². The summed E-state index contributed by atoms with van der Waals surface area (Å²) in [5.74, 6) is -3.10. The van der Waals surface area contributed by atoms with Gasteiger partial charge in [-0.3, -0.25) is 9.59 Å². The van der Waals surface area contributed by atoms with Gasteiger partial charge in [-0.1, -0.05) is 36.4 Å². The first-order chi connectivity index (χ1) is 11.4. The van der Waals surface area contributed by atoms with E-state index in [-0.39, 0.29) is 17.7 Å². The van der Waals surface area contributed by atoms with Crippen LogP contribution >= 0.6 is 0 Å². The highest BCUT2D eigenvalue weighted by Gasteiger charge is 2.59. The third kappa shape index (κ3) is 2.58. The molecule has 0 fully saturated rings. The highest BCUT2D eigenvalue weighted by Crippen LogP contribution is 2.43. The van der Waals surface area contributed by atoms with E-state index in [0.717, 1.165) is 12.1 Å². The molecule has 0 amide bonds. The van der Waals surface area contributed by atoms with Gasteiger partial charge in [-0.05, 0) is 23.3 Å². The van der Waals surface area contributed by atoms with Gasteiger partial charge >= 0.3 is 5.97 Å². The smallest absolute Gasteiger partial charge is 0.326 e. The van der Waals surface area contributed by atoms with Crippen LogP contribution in [-0.2, 0) is 22.6 Å². The summed E-state index contributed by atoms with van der Waals surface area (Å²) in [5.41, 5.74) is -1.96. The summed E-state index contributed by atoms with van der Waals surface area (Å²) in [6, 6.07) is 11.7. The molecule has 3 rings (SSSR count). The van der Waals surface area contributed by atoms with Crippen LogP contribution in [0.2, 0.25) is 0 Å². The normalized spacial score (nSPS) is 19.4. The molecule has 0 aliphatic heterocycles. The number of benzene rings is 2. The lowest BCUT2D eigenvalue weighted by molar-refractivity contribution is -0.161. The topological polar surface area (TPSA) is 43.4 Å². The average molecular weight is 334 g/mol. The molecular weight excluding hydrogens is 321 g/mol. The molecule has 0 N–H and O–H groups in total. The number of rotatable bonds is 4. The van der Waals surface area contributed by atoms with E-state index in [4.69, 9.17) is 4.74 Å². The summed E-state index contributed by atoms with van der Waals surface area (Å²) in [4.78, 5) is 24.7. The van der Waals surface area contributed by atoms with Crippen LogP contribution in [0.1, 0.15) is 21.5 Å². The fourth-order valence-electron chi connectivity index (χ4n) is 2.82. The van der Waals surface area contributed by atoms with E-state index in [1.54, 1.807) is 30.3 Å². The summed E-state index contributed by atoms with van der Waals surface area (Å²) in [6.07, 6.45) is -3.74. The number of carbonyl (C=O) groups excluding carboxylic acids is 2. The maximum Gasteiger partial charge on any atom is 0.326 e. The molecule has 0 bridgehead atoms. The first kappa shape index (κ1) is 16.2. The van der Waals surface area contributed by atoms with Crippen LogP contribution < -0.4 is 0 Å². The number of esters is 1. The van der Waals surface area contributed by atoms with Crippen LogP contribution in [0.4, 0.5) is 13.2 Å². The van der Waals surface area contributed by atoms with Crippen molar-refractivity contribution in [1.82, 2.24) is 0 Å². The Hall–Kier alpha value is -2.63. The fourth-order valence-corrected chi connectivity index (χ4v) is 2.82. The molecule has 1 aliphatic rings. The number of hydrogen-bond acceptors (Lipinski definition) is 3. The van der Waals surface area contributed by atoms with Crippen LogP contribution in [0.15, 0.2) is 48.5 Å². The standard InChI is InChI=1S/C18H13F3O3/c19-13-7-6-12-9-18(16(20)21,15(22)14(12)8-13)17(23)24-10-11-4-2-1-3-5-11/h1-8,16H,9-10H2. The second-order valence-electron chi connectivity index (χ2n) is 5.64. The monoisotopic (exact) mass is 334 g/mol. The maximum absolute atomic E-state index is 13.7. The summed E-state index contributed by atoms with van der Waals surface area (Å²) in [5, 5.41) is 0. The van der Waals surface area contributed by atoms with Crippen molar-refractivity contribution in [3.63, 3.8) is 0 Å². The molecule has 0 saturated carbocycles. The number of Topliss-reactive ketones (excluding diaryl/α,β-unsaturated/α-hetero) is 1. The van der Waals surface area contributed by atoms with Crippen molar-refractivity contribution in [2.24, 2.45) is 5.41 Å². The minimum atomic E-state index is -3.25. The van der Waals surface area contributed by atoms with Gasteiger partial charge in [0, 0.05) is 12.0 Å². The van der Waals surface area contributed by atoms with E-state index in [0.29, 0.717) is 5.56 Å². The van der Waals surface area contributed by atoms with Gasteiger partial charge in [0.2, 0.25) is 0 Å². The first-order valence-electron chi connectivity index (χ1n) is 7.27. The zero-order valence-corrected chi connectivity index (χ0v) is 12.5. The zero-order chi connectivity index (χ0) is 17.3. The Morgan fingerprint density at radius 3 is 2.54 bits per heavy atom. The van der Waals surface area contributed by atoms with Crippen LogP contribution in [0.5, 0.6) is 0 Å². The van der Waals surface area contributed by atoms with E-state index in [9.17, 15) is 22.8 Å². The van der Waals surface area contributed by atoms with Crippen molar-refractivity contribution in [2.45, 2.75) is 19.5 Å². The maximum atomic E-state index is 13.7. The predicted molar refractivity (Wildman–Crippen MR) is 79.1 cm³/mol. The highest BCUT2D eigenvalue weighted by molar-refractivity contribution is 6.16. The number of ether oxygens (including phenoxy) is 1. The zero-order valence-electron chi connectivity index (χ0n) is 12.5. The Kier molecular flexibility index (Phi) is 4.13. The second kappa shape index (κ2) is 6.11. The van der Waals surface area contributed by atoms with E-state index in [2.05, 4.69) is 0 Å². The second-order valence-corrected chi connectivity index (χ2v) is 5.64. The molecule has 1 aliphatic carbocycles. The van der Waals surface area contributed by atoms with Crippen molar-refractivity contribution >= 4 is 11.8 Å². The molecular formula is C18H13F3O3. The van der Waals surface area contributed by atoms with Gasteiger partial charge in [0.1, 0.15) is 12.4 Å². The van der Waals surface area contributed by atoms with E-state index in [1.165, 1.54) is 6.07 Å². The summed E-state index contributed by atoms with van der Waals surface area (Å²) in [7, 11) is 0. The van der Waals surface area contributed by atoms with Crippen molar-refractivity contribution in [3.05, 3.63) is 71.0 Å². The minimum absolute atomic E-state index is 0.188. The van der Waals surface area contributed by atoms with Gasteiger partial charge in [0.15, 0.2) is 11.2 Å². The molecule has 0 heterocycles. The molecule has 24 heavy (non-hydrogen) atoms. The van der Waals surface area contributed by atoms with Crippen molar-refractivity contribution < 1.29 is 27.5 Å². The van der Waals surface area contributed by atoms with Crippen LogP contribution in [0.25, 0.3) is 0 Å². The Bertz CT molecular complexity index is 789. The van der Waals surface area contributed by atoms with E-state index >= 15 is 0 Å². The summed E-state index contributed by atoms with van der Waals surface area (Å²) >= 11 is 0. The lowest BCUT2D eigenvalue weighted by atomic mass is 9.84. The first-order valence-corrected chi connectivity index (χ1v) is 7.27. The van der Waals surface area contributed by atoms with Crippen LogP contribution in [0.3, 0.4) is 0 Å². The SMILES string of the molecule is O=C(OCc1ccccc1)C1(C(F)F)Cc2ccc(F)cc2C1=O. The van der Waals surface area contributed by atoms with Crippen molar-refractivity contribution in [3.8, 4) is 0 Å². The van der Waals surface area contributed by atoms with E-state index in [1.807, 2.05) is 0 Å². The van der Waals surface area contributed by atoms with Crippen LogP contribution in [0, 0.1) is 11.2 Å². The Labute approximate surface area is 136 Å². The molecule has 3 nitrogen and oxygen atoms in total. The van der Waals surface area contributed by atoms with Crippen molar-refractivity contribution in [1.29, 1.82) is 0 Å². The summed E-state index contributed by atoms with van der Waals surface area (Å²) in [6.45, 7) is -0.216. The highest BCUT2D eigenvalue weighted by atomic mass is 19.3. The molecule has 2 aromatic carbocycles. The lowest BCUT2D eigenvalue weighted by Gasteiger charge is -2.24. The number of hydrogen-bond donors (Lipinski definition) is 0. The molecule has 0 spiro atoms. The predicted octanol–water partition coefficient (Wildman–Crippen LogP) is 3.56. The molecule has 2 aromatic rings. The van der Waals surface area contributed by atoms with Gasteiger partial charge in [0.05, 0.1) is 0 Å². The Morgan fingerprint density at radius 1 is 1.17 bits per heavy atom. The largest absolute Gasteiger partial charge is 0.460 e. The molecule has 0 radical (unpaired) electrons. The summed E-state index contributed by atoms with van der Waals surface area (Å²) < 4.78 is 45.6. The third-order valence-electron chi connectivity index (χ3n) is 4.14. The molecule has 6 heteroatoms. The number of halogens is 3. The van der Waals surface area contributed by atoms with Crippen LogP contribution in [-0.4, -0.2) is 18.2 Å². The number of carbonyl (C=O) groups is 2. The van der Waals surface area contributed by atoms with Gasteiger partial charge in [-0.2, -0.15) is 0 Å². The van der Waals surface area contributed by atoms with E-state index < -0.39 is 35.8 Å². The molecule has 0 saturated heterocycles. The molecule has 124 valence electrons. The molecule has 1 atom stereocenters. The van der Waals surface area contributed by atoms with Crippen molar-refractivity contribution in [2.75, 3.05) is 0 Å². The number of ketones is 1. The Balaban J connectivity index is 1.87. The van der Waals surface area contributed by atoms with Gasteiger partial charge < -0.3 is 4.74 Å². The molecule has 0 aromatic heterocycles. The number of fused-ring (bicyclic) bond motifs is 1. The number of alkyl halides is 2. The quantitative estimate of drug-likeness (QED) is 0.634. The Morgan fingerprint density at radius 2 is 1.88 bits per heavy atom. The minimum Gasteiger partial charge on any atom is -0.460 e. The molecule has 1 unspecified atom stereocenters. The third-order valence-corrected chi connectivity index (χ3v) is 4.14. The van der Waals surface area contributed by atoms with Gasteiger partial charge in [-0.15, -0.1) is 0 Å².